The van der Waals surface area contributed by atoms with Crippen LogP contribution in [0.5, 0.6) is 5.75 Å². The number of Topliss-reactive ketones (excluding diaryl/α,β-unsaturated/α-hetero) is 1. The molecule has 0 aliphatic carbocycles. The Balaban J connectivity index is 3.38. The number of phenolic OH excluding ortho intramolecular Hbond substituents is 1. The molecule has 2 nitrogen and oxygen atoms in total. The van der Waals surface area contributed by atoms with Crippen LogP contribution in [0.15, 0.2) is 16.6 Å². The smallest absolute Gasteiger partial charge is 0.165 e. The molecule has 12 heavy (non-hydrogen) atoms. The van der Waals surface area contributed by atoms with Crippen LogP contribution in [0.25, 0.3) is 0 Å². The standard InChI is InChI=1S/C8H6BrClO2/c1-4(11)8-6(10)2-5(9)3-7(8)12/h2-3,12H,1H3. The molecule has 0 saturated heterocycles. The number of benzene rings is 1. The number of halogens is 2. The van der Waals surface area contributed by atoms with Crippen LogP contribution < -0.4 is 0 Å². The number of aromatic hydroxyl groups is 1. The largest absolute Gasteiger partial charge is 0.507 e. The van der Waals surface area contributed by atoms with Crippen LogP contribution in [0.4, 0.5) is 0 Å². The van der Waals surface area contributed by atoms with Crippen molar-refractivity contribution in [2.75, 3.05) is 0 Å². The number of carbonyl (C=O) groups excluding carboxylic acids is 1. The van der Waals surface area contributed by atoms with Crippen LogP contribution in [-0.2, 0) is 0 Å². The number of rotatable bonds is 1. The van der Waals surface area contributed by atoms with Crippen molar-refractivity contribution in [1.82, 2.24) is 0 Å². The first-order chi connectivity index (χ1) is 5.52. The van der Waals surface area contributed by atoms with E-state index >= 15 is 0 Å². The normalized spacial score (nSPS) is 9.92. The number of phenols is 1. The monoisotopic (exact) mass is 248 g/mol. The lowest BCUT2D eigenvalue weighted by Gasteiger charge is -2.03. The molecule has 0 saturated carbocycles. The van der Waals surface area contributed by atoms with E-state index in [1.54, 1.807) is 6.07 Å². The first-order valence-electron chi connectivity index (χ1n) is 3.21. The Morgan fingerprint density at radius 2 is 2.17 bits per heavy atom. The Hall–Kier alpha value is -0.540. The van der Waals surface area contributed by atoms with Crippen LogP contribution in [0.3, 0.4) is 0 Å². The van der Waals surface area contributed by atoms with Gasteiger partial charge in [-0.15, -0.1) is 0 Å². The number of carbonyl (C=O) groups is 1. The van der Waals surface area contributed by atoms with Gasteiger partial charge in [-0.1, -0.05) is 27.5 Å². The predicted molar refractivity (Wildman–Crippen MR) is 50.8 cm³/mol. The lowest BCUT2D eigenvalue weighted by Crippen LogP contribution is -1.93. The molecule has 1 aromatic carbocycles. The van der Waals surface area contributed by atoms with Gasteiger partial charge in [0.2, 0.25) is 0 Å². The van der Waals surface area contributed by atoms with Gasteiger partial charge in [-0.05, 0) is 19.1 Å². The third-order valence-electron chi connectivity index (χ3n) is 1.39. The Morgan fingerprint density at radius 3 is 2.58 bits per heavy atom. The Kier molecular flexibility index (Phi) is 2.75. The van der Waals surface area contributed by atoms with Crippen LogP contribution in [0.2, 0.25) is 5.02 Å². The third kappa shape index (κ3) is 1.79. The SMILES string of the molecule is CC(=O)c1c(O)cc(Br)cc1Cl. The second-order valence-corrected chi connectivity index (χ2v) is 3.66. The molecule has 1 rings (SSSR count). The highest BCUT2D eigenvalue weighted by Gasteiger charge is 2.11. The molecule has 0 bridgehead atoms. The molecule has 0 aromatic heterocycles. The van der Waals surface area contributed by atoms with E-state index in [0.717, 1.165) is 0 Å². The zero-order chi connectivity index (χ0) is 9.30. The van der Waals surface area contributed by atoms with Crippen LogP contribution in [0, 0.1) is 0 Å². The second-order valence-electron chi connectivity index (χ2n) is 2.34. The van der Waals surface area contributed by atoms with Gasteiger partial charge < -0.3 is 5.11 Å². The fourth-order valence-corrected chi connectivity index (χ4v) is 1.83. The highest BCUT2D eigenvalue weighted by molar-refractivity contribution is 9.10. The Labute approximate surface area is 83.3 Å². The fourth-order valence-electron chi connectivity index (χ4n) is 0.909. The molecule has 0 unspecified atom stereocenters. The number of hydrogen-bond donors (Lipinski definition) is 1. The molecular formula is C8H6BrClO2. The van der Waals surface area contributed by atoms with E-state index in [1.807, 2.05) is 0 Å². The van der Waals surface area contributed by atoms with Crippen molar-refractivity contribution in [2.45, 2.75) is 6.92 Å². The third-order valence-corrected chi connectivity index (χ3v) is 2.14. The predicted octanol–water partition coefficient (Wildman–Crippen LogP) is 3.01. The summed E-state index contributed by atoms with van der Waals surface area (Å²) in [5.74, 6) is -0.341. The molecular weight excluding hydrogens is 243 g/mol. The summed E-state index contributed by atoms with van der Waals surface area (Å²) in [7, 11) is 0. The van der Waals surface area contributed by atoms with Gasteiger partial charge in [0.15, 0.2) is 5.78 Å². The summed E-state index contributed by atoms with van der Waals surface area (Å²) in [5, 5.41) is 9.57. The van der Waals surface area contributed by atoms with Crippen molar-refractivity contribution in [1.29, 1.82) is 0 Å². The van der Waals surface area contributed by atoms with E-state index in [1.165, 1.54) is 13.0 Å². The molecule has 4 heteroatoms. The average Bonchev–Trinajstić information content (AvgIpc) is 1.82. The minimum atomic E-state index is -0.245. The van der Waals surface area contributed by atoms with E-state index < -0.39 is 0 Å². The maximum atomic E-state index is 10.9. The molecule has 0 aliphatic rings. The van der Waals surface area contributed by atoms with E-state index in [0.29, 0.717) is 4.47 Å². The van der Waals surface area contributed by atoms with Crippen molar-refractivity contribution in [2.24, 2.45) is 0 Å². The lowest BCUT2D eigenvalue weighted by molar-refractivity contribution is 0.101. The van der Waals surface area contributed by atoms with Crippen molar-refractivity contribution in [3.05, 3.63) is 27.2 Å². The fraction of sp³-hybridized carbons (Fsp3) is 0.125. The highest BCUT2D eigenvalue weighted by Crippen LogP contribution is 2.30. The van der Waals surface area contributed by atoms with E-state index in [4.69, 9.17) is 11.6 Å². The quantitative estimate of drug-likeness (QED) is 0.777. The molecule has 0 amide bonds. The molecule has 0 spiro atoms. The first-order valence-corrected chi connectivity index (χ1v) is 4.38. The summed E-state index contributed by atoms with van der Waals surface area (Å²) in [4.78, 5) is 10.9. The van der Waals surface area contributed by atoms with Gasteiger partial charge in [-0.3, -0.25) is 4.79 Å². The Morgan fingerprint density at radius 1 is 1.58 bits per heavy atom. The average molecular weight is 249 g/mol. The Bertz CT molecular complexity index is 313. The summed E-state index contributed by atoms with van der Waals surface area (Å²) in [6, 6.07) is 3.00. The van der Waals surface area contributed by atoms with Gasteiger partial charge in [-0.25, -0.2) is 0 Å². The summed E-state index contributed by atoms with van der Waals surface area (Å²) >= 11 is 8.86. The van der Waals surface area contributed by atoms with E-state index in [2.05, 4.69) is 15.9 Å². The van der Waals surface area contributed by atoms with Crippen molar-refractivity contribution in [3.8, 4) is 5.75 Å². The summed E-state index contributed by atoms with van der Waals surface area (Å²) in [6.45, 7) is 1.36. The van der Waals surface area contributed by atoms with Gasteiger partial charge in [0, 0.05) is 4.47 Å². The number of ketones is 1. The topological polar surface area (TPSA) is 37.3 Å². The van der Waals surface area contributed by atoms with Crippen LogP contribution in [0.1, 0.15) is 17.3 Å². The maximum absolute atomic E-state index is 10.9. The van der Waals surface area contributed by atoms with Crippen LogP contribution >= 0.6 is 27.5 Å². The molecule has 0 fully saturated rings. The van der Waals surface area contributed by atoms with Crippen LogP contribution in [-0.4, -0.2) is 10.9 Å². The summed E-state index contributed by atoms with van der Waals surface area (Å²) in [5.41, 5.74) is 0.167. The molecule has 0 radical (unpaired) electrons. The number of hydrogen-bond acceptors (Lipinski definition) is 2. The van der Waals surface area contributed by atoms with Gasteiger partial charge in [0.25, 0.3) is 0 Å². The highest BCUT2D eigenvalue weighted by atomic mass is 79.9. The van der Waals surface area contributed by atoms with Crippen molar-refractivity contribution >= 4 is 33.3 Å². The maximum Gasteiger partial charge on any atom is 0.165 e. The van der Waals surface area contributed by atoms with Gasteiger partial charge in [0.1, 0.15) is 5.75 Å². The van der Waals surface area contributed by atoms with E-state index in [-0.39, 0.29) is 22.1 Å². The van der Waals surface area contributed by atoms with Gasteiger partial charge in [-0.2, -0.15) is 0 Å². The van der Waals surface area contributed by atoms with Gasteiger partial charge >= 0.3 is 0 Å². The first kappa shape index (κ1) is 9.55. The van der Waals surface area contributed by atoms with Crippen molar-refractivity contribution in [3.63, 3.8) is 0 Å². The zero-order valence-electron chi connectivity index (χ0n) is 6.27. The minimum absolute atomic E-state index is 0.0955. The molecule has 0 aliphatic heterocycles. The molecule has 64 valence electrons. The van der Waals surface area contributed by atoms with E-state index in [9.17, 15) is 9.90 Å². The molecule has 1 N–H and O–H groups in total. The second kappa shape index (κ2) is 3.46. The lowest BCUT2D eigenvalue weighted by atomic mass is 10.1. The zero-order valence-corrected chi connectivity index (χ0v) is 8.61. The summed E-state index contributed by atoms with van der Waals surface area (Å²) < 4.78 is 0.648. The molecule has 0 atom stereocenters. The van der Waals surface area contributed by atoms with Crippen molar-refractivity contribution < 1.29 is 9.90 Å². The summed E-state index contributed by atoms with van der Waals surface area (Å²) in [6.07, 6.45) is 0. The molecule has 1 aromatic rings. The molecule has 0 heterocycles. The van der Waals surface area contributed by atoms with Gasteiger partial charge in [0.05, 0.1) is 10.6 Å². The minimum Gasteiger partial charge on any atom is -0.507 e.